The first kappa shape index (κ1) is 13.8. The average Bonchev–Trinajstić information content (AvgIpc) is 2.38. The molecule has 2 aliphatic rings. The van der Waals surface area contributed by atoms with Crippen molar-refractivity contribution in [1.82, 2.24) is 0 Å². The molecule has 0 amide bonds. The quantitative estimate of drug-likeness (QED) is 0.773. The number of aliphatic hydroxyl groups is 1. The van der Waals surface area contributed by atoms with Gasteiger partial charge in [0, 0.05) is 0 Å². The molecule has 4 unspecified atom stereocenters. The van der Waals surface area contributed by atoms with Crippen LogP contribution in [0, 0.1) is 11.8 Å². The van der Waals surface area contributed by atoms with Crippen molar-refractivity contribution in [1.29, 1.82) is 0 Å². The summed E-state index contributed by atoms with van der Waals surface area (Å²) in [7, 11) is 1.63. The summed E-state index contributed by atoms with van der Waals surface area (Å²) >= 11 is 0. The van der Waals surface area contributed by atoms with E-state index < -0.39 is 18.4 Å². The predicted octanol–water partition coefficient (Wildman–Crippen LogP) is 3.15. The van der Waals surface area contributed by atoms with Crippen molar-refractivity contribution < 1.29 is 18.6 Å². The van der Waals surface area contributed by atoms with Gasteiger partial charge in [-0.05, 0) is 55.9 Å². The van der Waals surface area contributed by atoms with Gasteiger partial charge in [0.15, 0.2) is 6.17 Å². The topological polar surface area (TPSA) is 29.5 Å². The molecule has 1 N–H and O–H groups in total. The molecule has 0 aromatic rings. The van der Waals surface area contributed by atoms with Gasteiger partial charge in [-0.1, -0.05) is 0 Å². The van der Waals surface area contributed by atoms with Crippen LogP contribution in [0.2, 0.25) is 0 Å². The molecule has 0 aromatic carbocycles. The normalized spacial score (nSPS) is 41.6. The van der Waals surface area contributed by atoms with Gasteiger partial charge in [-0.15, -0.1) is 0 Å². The second kappa shape index (κ2) is 6.00. The number of methoxy groups -OCH3 is 1. The first-order valence-corrected chi connectivity index (χ1v) is 6.80. The van der Waals surface area contributed by atoms with Crippen LogP contribution in [0.4, 0.5) is 8.78 Å². The van der Waals surface area contributed by atoms with E-state index in [2.05, 4.69) is 0 Å². The molecular formula is C14H22F2O2. The van der Waals surface area contributed by atoms with Crippen LogP contribution in [-0.2, 0) is 4.74 Å². The Bertz CT molecular complexity index is 296. The molecule has 4 atom stereocenters. The molecule has 104 valence electrons. The number of aliphatic hydroxyl groups excluding tert-OH is 1. The Morgan fingerprint density at radius 2 is 1.78 bits per heavy atom. The van der Waals surface area contributed by atoms with Crippen molar-refractivity contribution in [2.75, 3.05) is 7.11 Å². The summed E-state index contributed by atoms with van der Waals surface area (Å²) in [6, 6.07) is 0. The van der Waals surface area contributed by atoms with Crippen molar-refractivity contribution in [2.24, 2.45) is 11.8 Å². The third-order valence-electron chi connectivity index (χ3n) is 4.44. The number of rotatable bonds is 2. The highest BCUT2D eigenvalue weighted by Crippen LogP contribution is 2.41. The van der Waals surface area contributed by atoms with Gasteiger partial charge in [0.1, 0.15) is 6.17 Å². The van der Waals surface area contributed by atoms with Gasteiger partial charge >= 0.3 is 0 Å². The summed E-state index contributed by atoms with van der Waals surface area (Å²) in [4.78, 5) is 0. The third kappa shape index (κ3) is 2.85. The van der Waals surface area contributed by atoms with E-state index in [1.165, 1.54) is 5.57 Å². The first-order chi connectivity index (χ1) is 8.63. The number of hydrogen-bond donors (Lipinski definition) is 1. The van der Waals surface area contributed by atoms with Crippen LogP contribution >= 0.6 is 0 Å². The van der Waals surface area contributed by atoms with Crippen molar-refractivity contribution in [3.8, 4) is 0 Å². The zero-order valence-corrected chi connectivity index (χ0v) is 10.8. The smallest absolute Gasteiger partial charge is 0.157 e. The van der Waals surface area contributed by atoms with Crippen molar-refractivity contribution in [3.05, 3.63) is 11.8 Å². The Kier molecular flexibility index (Phi) is 4.60. The SMILES string of the molecule is COC=C1CCC(C2CCC(O)C(F)C2F)CC1. The summed E-state index contributed by atoms with van der Waals surface area (Å²) in [6.07, 6.45) is 2.12. The highest BCUT2D eigenvalue weighted by Gasteiger charge is 2.43. The summed E-state index contributed by atoms with van der Waals surface area (Å²) in [5.41, 5.74) is 1.26. The van der Waals surface area contributed by atoms with Crippen molar-refractivity contribution in [3.63, 3.8) is 0 Å². The molecule has 2 nitrogen and oxygen atoms in total. The summed E-state index contributed by atoms with van der Waals surface area (Å²) in [6.45, 7) is 0. The van der Waals surface area contributed by atoms with Gasteiger partial charge in [-0.2, -0.15) is 0 Å². The van der Waals surface area contributed by atoms with Crippen LogP contribution in [0.1, 0.15) is 38.5 Å². The molecule has 2 saturated carbocycles. The lowest BCUT2D eigenvalue weighted by atomic mass is 9.70. The average molecular weight is 260 g/mol. The van der Waals surface area contributed by atoms with E-state index in [0.717, 1.165) is 25.7 Å². The lowest BCUT2D eigenvalue weighted by Gasteiger charge is -2.39. The van der Waals surface area contributed by atoms with E-state index in [-0.39, 0.29) is 11.8 Å². The van der Waals surface area contributed by atoms with Crippen LogP contribution < -0.4 is 0 Å². The Hall–Kier alpha value is -0.640. The summed E-state index contributed by atoms with van der Waals surface area (Å²) in [5, 5.41) is 9.34. The molecule has 0 spiro atoms. The third-order valence-corrected chi connectivity index (χ3v) is 4.44. The van der Waals surface area contributed by atoms with E-state index in [1.54, 1.807) is 13.4 Å². The molecular weight excluding hydrogens is 238 g/mol. The first-order valence-electron chi connectivity index (χ1n) is 6.80. The Morgan fingerprint density at radius 3 is 2.39 bits per heavy atom. The van der Waals surface area contributed by atoms with E-state index >= 15 is 0 Å². The molecule has 0 radical (unpaired) electrons. The molecule has 18 heavy (non-hydrogen) atoms. The Morgan fingerprint density at radius 1 is 1.11 bits per heavy atom. The molecule has 0 aliphatic heterocycles. The Balaban J connectivity index is 1.91. The predicted molar refractivity (Wildman–Crippen MR) is 65.6 cm³/mol. The van der Waals surface area contributed by atoms with Gasteiger partial charge in [0.05, 0.1) is 19.5 Å². The Labute approximate surface area is 107 Å². The fraction of sp³-hybridized carbons (Fsp3) is 0.857. The molecule has 0 bridgehead atoms. The highest BCUT2D eigenvalue weighted by atomic mass is 19.2. The van der Waals surface area contributed by atoms with Crippen LogP contribution in [-0.4, -0.2) is 30.7 Å². The standard InChI is InChI=1S/C14H22F2O2/c1-18-8-9-2-4-10(5-3-9)11-6-7-12(17)14(16)13(11)15/h8,10-14,17H,2-7H2,1H3. The van der Waals surface area contributed by atoms with Gasteiger partial charge in [0.2, 0.25) is 0 Å². The van der Waals surface area contributed by atoms with E-state index in [0.29, 0.717) is 12.8 Å². The summed E-state index contributed by atoms with van der Waals surface area (Å²) < 4.78 is 32.4. The summed E-state index contributed by atoms with van der Waals surface area (Å²) in [5.74, 6) is 0.0345. The number of ether oxygens (including phenoxy) is 1. The molecule has 0 saturated heterocycles. The fourth-order valence-electron chi connectivity index (χ4n) is 3.35. The minimum atomic E-state index is -1.69. The maximum absolute atomic E-state index is 13.9. The lowest BCUT2D eigenvalue weighted by molar-refractivity contribution is -0.0519. The second-order valence-electron chi connectivity index (χ2n) is 5.55. The number of allylic oxidation sites excluding steroid dienone is 1. The van der Waals surface area contributed by atoms with Gasteiger partial charge in [-0.25, -0.2) is 8.78 Å². The lowest BCUT2D eigenvalue weighted by Crippen LogP contribution is -2.44. The molecule has 0 heterocycles. The van der Waals surface area contributed by atoms with Gasteiger partial charge in [0.25, 0.3) is 0 Å². The van der Waals surface area contributed by atoms with E-state index in [4.69, 9.17) is 4.74 Å². The number of hydrogen-bond acceptors (Lipinski definition) is 2. The second-order valence-corrected chi connectivity index (χ2v) is 5.55. The van der Waals surface area contributed by atoms with E-state index in [1.807, 2.05) is 0 Å². The largest absolute Gasteiger partial charge is 0.504 e. The van der Waals surface area contributed by atoms with Crippen LogP contribution in [0.15, 0.2) is 11.8 Å². The molecule has 0 aromatic heterocycles. The van der Waals surface area contributed by atoms with Gasteiger partial charge < -0.3 is 9.84 Å². The highest BCUT2D eigenvalue weighted by molar-refractivity contribution is 5.04. The molecule has 2 rings (SSSR count). The minimum absolute atomic E-state index is 0.215. The van der Waals surface area contributed by atoms with Crippen molar-refractivity contribution in [2.45, 2.75) is 57.0 Å². The maximum Gasteiger partial charge on any atom is 0.157 e. The van der Waals surface area contributed by atoms with E-state index in [9.17, 15) is 13.9 Å². The molecule has 4 heteroatoms. The van der Waals surface area contributed by atoms with Gasteiger partial charge in [-0.3, -0.25) is 0 Å². The van der Waals surface area contributed by atoms with Crippen molar-refractivity contribution >= 4 is 0 Å². The monoisotopic (exact) mass is 260 g/mol. The maximum atomic E-state index is 13.9. The zero-order chi connectivity index (χ0) is 13.1. The molecule has 2 fully saturated rings. The minimum Gasteiger partial charge on any atom is -0.504 e. The van der Waals surface area contributed by atoms with Crippen LogP contribution in [0.25, 0.3) is 0 Å². The van der Waals surface area contributed by atoms with Crippen LogP contribution in [0.5, 0.6) is 0 Å². The number of alkyl halides is 2. The number of halogens is 2. The zero-order valence-electron chi connectivity index (χ0n) is 10.8. The molecule has 2 aliphatic carbocycles. The fourth-order valence-corrected chi connectivity index (χ4v) is 3.35. The van der Waals surface area contributed by atoms with Crippen LogP contribution in [0.3, 0.4) is 0 Å².